The fourth-order valence-corrected chi connectivity index (χ4v) is 4.82. The average Bonchev–Trinajstić information content (AvgIpc) is 2.93. The smallest absolute Gasteiger partial charge is 0.335 e. The molecular formula is C26H28N2O4. The zero-order valence-electron chi connectivity index (χ0n) is 18.7. The van der Waals surface area contributed by atoms with Gasteiger partial charge in [0.15, 0.2) is 0 Å². The van der Waals surface area contributed by atoms with E-state index in [4.69, 9.17) is 0 Å². The quantitative estimate of drug-likeness (QED) is 0.796. The summed E-state index contributed by atoms with van der Waals surface area (Å²) in [6, 6.07) is 15.6. The second-order valence-corrected chi connectivity index (χ2v) is 9.00. The Hall–Kier alpha value is -3.41. The largest absolute Gasteiger partial charge is 0.478 e. The summed E-state index contributed by atoms with van der Waals surface area (Å²) in [5.41, 5.74) is 3.14. The number of carboxylic acids is 1. The first-order valence-corrected chi connectivity index (χ1v) is 10.9. The maximum absolute atomic E-state index is 13.5. The van der Waals surface area contributed by atoms with Crippen LogP contribution in [0.25, 0.3) is 0 Å². The lowest BCUT2D eigenvalue weighted by Crippen LogP contribution is -2.42. The summed E-state index contributed by atoms with van der Waals surface area (Å²) >= 11 is 0. The molecule has 6 nitrogen and oxygen atoms in total. The van der Waals surface area contributed by atoms with Crippen LogP contribution in [0.15, 0.2) is 65.7 Å². The standard InChI is InChI=1S/C26H28N2O4/c1-26(2)20-10-7-15-28(21(29)16-17-8-5-4-6-9-17)23(22(20)24(30)27(26)3)18-11-13-19(14-12-18)25(31)32/h4-6,8-9,11-14,23H,7,10,15-16H2,1-3H3,(H,31,32). The van der Waals surface area contributed by atoms with E-state index >= 15 is 0 Å². The van der Waals surface area contributed by atoms with Crippen LogP contribution in [0.5, 0.6) is 0 Å². The summed E-state index contributed by atoms with van der Waals surface area (Å²) in [6.45, 7) is 4.62. The lowest BCUT2D eigenvalue weighted by molar-refractivity contribution is -0.133. The minimum Gasteiger partial charge on any atom is -0.478 e. The number of hydrogen-bond acceptors (Lipinski definition) is 3. The van der Waals surface area contributed by atoms with Gasteiger partial charge in [0.05, 0.1) is 23.6 Å². The van der Waals surface area contributed by atoms with Gasteiger partial charge in [-0.25, -0.2) is 4.79 Å². The lowest BCUT2D eigenvalue weighted by atomic mass is 9.87. The van der Waals surface area contributed by atoms with Crippen LogP contribution in [0.2, 0.25) is 0 Å². The maximum atomic E-state index is 13.5. The molecule has 2 aromatic rings. The van der Waals surface area contributed by atoms with Gasteiger partial charge < -0.3 is 14.9 Å². The predicted octanol–water partition coefficient (Wildman–Crippen LogP) is 3.84. The molecular weight excluding hydrogens is 404 g/mol. The van der Waals surface area contributed by atoms with Crippen molar-refractivity contribution in [2.45, 2.75) is 44.7 Å². The molecule has 2 amide bonds. The normalized spacial score (nSPS) is 20.2. The van der Waals surface area contributed by atoms with E-state index in [1.54, 1.807) is 29.0 Å². The highest BCUT2D eigenvalue weighted by atomic mass is 16.4. The molecule has 32 heavy (non-hydrogen) atoms. The van der Waals surface area contributed by atoms with E-state index in [-0.39, 0.29) is 23.8 Å². The number of nitrogens with zero attached hydrogens (tertiary/aromatic N) is 2. The van der Waals surface area contributed by atoms with E-state index in [1.165, 1.54) is 12.1 Å². The van der Waals surface area contributed by atoms with Crippen molar-refractivity contribution >= 4 is 17.8 Å². The van der Waals surface area contributed by atoms with Crippen LogP contribution in [0, 0.1) is 0 Å². The average molecular weight is 433 g/mol. The Balaban J connectivity index is 1.81. The van der Waals surface area contributed by atoms with E-state index in [2.05, 4.69) is 0 Å². The van der Waals surface area contributed by atoms with Gasteiger partial charge in [-0.3, -0.25) is 9.59 Å². The number of carbonyl (C=O) groups excluding carboxylic acids is 2. The first kappa shape index (κ1) is 21.8. The van der Waals surface area contributed by atoms with Crippen LogP contribution in [0.4, 0.5) is 0 Å². The third-order valence-electron chi connectivity index (χ3n) is 6.84. The van der Waals surface area contributed by atoms with Gasteiger partial charge in [-0.15, -0.1) is 0 Å². The molecule has 2 aromatic carbocycles. The Morgan fingerprint density at radius 1 is 1.06 bits per heavy atom. The molecule has 0 saturated carbocycles. The third kappa shape index (κ3) is 3.70. The molecule has 4 rings (SSSR count). The zero-order chi connectivity index (χ0) is 23.0. The fraction of sp³-hybridized carbons (Fsp3) is 0.346. The van der Waals surface area contributed by atoms with E-state index < -0.39 is 17.6 Å². The van der Waals surface area contributed by atoms with E-state index in [0.717, 1.165) is 29.5 Å². The molecule has 0 radical (unpaired) electrons. The molecule has 0 bridgehead atoms. The van der Waals surface area contributed by atoms with Gasteiger partial charge in [0, 0.05) is 19.2 Å². The summed E-state index contributed by atoms with van der Waals surface area (Å²) in [4.78, 5) is 41.8. The maximum Gasteiger partial charge on any atom is 0.335 e. The Kier molecular flexibility index (Phi) is 5.63. The monoisotopic (exact) mass is 432 g/mol. The number of carbonyl (C=O) groups is 3. The number of carboxylic acid groups (broad SMARTS) is 1. The van der Waals surface area contributed by atoms with E-state index in [0.29, 0.717) is 12.1 Å². The molecule has 1 unspecified atom stereocenters. The highest BCUT2D eigenvalue weighted by Crippen LogP contribution is 2.46. The van der Waals surface area contributed by atoms with Gasteiger partial charge in [0.2, 0.25) is 5.91 Å². The molecule has 0 spiro atoms. The first-order chi connectivity index (χ1) is 15.2. The Morgan fingerprint density at radius 2 is 1.72 bits per heavy atom. The van der Waals surface area contributed by atoms with Crippen molar-refractivity contribution in [1.82, 2.24) is 9.80 Å². The number of rotatable bonds is 4. The van der Waals surface area contributed by atoms with Crippen LogP contribution in [0.1, 0.15) is 54.2 Å². The molecule has 1 atom stereocenters. The van der Waals surface area contributed by atoms with Gasteiger partial charge in [0.25, 0.3) is 5.91 Å². The molecule has 6 heteroatoms. The summed E-state index contributed by atoms with van der Waals surface area (Å²) in [7, 11) is 1.80. The van der Waals surface area contributed by atoms with Crippen molar-refractivity contribution in [1.29, 1.82) is 0 Å². The summed E-state index contributed by atoms with van der Waals surface area (Å²) in [5.74, 6) is -1.12. The van der Waals surface area contributed by atoms with Gasteiger partial charge in [-0.05, 0) is 55.5 Å². The van der Waals surface area contributed by atoms with Crippen molar-refractivity contribution in [3.8, 4) is 0 Å². The van der Waals surface area contributed by atoms with Gasteiger partial charge in [-0.1, -0.05) is 42.5 Å². The van der Waals surface area contributed by atoms with Crippen LogP contribution >= 0.6 is 0 Å². The van der Waals surface area contributed by atoms with Crippen molar-refractivity contribution < 1.29 is 19.5 Å². The molecule has 0 saturated heterocycles. The number of hydrogen-bond donors (Lipinski definition) is 1. The van der Waals surface area contributed by atoms with Gasteiger partial charge in [0.1, 0.15) is 0 Å². The SMILES string of the molecule is CN1C(=O)C2=C(CCCN(C(=O)Cc3ccccc3)C2c2ccc(C(=O)O)cc2)C1(C)C. The number of amides is 2. The van der Waals surface area contributed by atoms with Crippen LogP contribution in [0.3, 0.4) is 0 Å². The van der Waals surface area contributed by atoms with Crippen molar-refractivity contribution in [2.24, 2.45) is 0 Å². The highest BCUT2D eigenvalue weighted by Gasteiger charge is 2.48. The molecule has 1 N–H and O–H groups in total. The van der Waals surface area contributed by atoms with Gasteiger partial charge in [-0.2, -0.15) is 0 Å². The van der Waals surface area contributed by atoms with Crippen molar-refractivity contribution in [3.63, 3.8) is 0 Å². The molecule has 2 aliphatic heterocycles. The first-order valence-electron chi connectivity index (χ1n) is 10.9. The number of likely N-dealkylation sites (N-methyl/N-ethyl adjacent to an activating group) is 1. The number of aromatic carboxylic acids is 1. The summed E-state index contributed by atoms with van der Waals surface area (Å²) < 4.78 is 0. The topological polar surface area (TPSA) is 77.9 Å². The van der Waals surface area contributed by atoms with Crippen molar-refractivity contribution in [3.05, 3.63) is 82.4 Å². The third-order valence-corrected chi connectivity index (χ3v) is 6.84. The van der Waals surface area contributed by atoms with Gasteiger partial charge >= 0.3 is 5.97 Å². The Labute approximate surface area is 188 Å². The van der Waals surface area contributed by atoms with Crippen LogP contribution in [-0.4, -0.2) is 51.8 Å². The molecule has 0 fully saturated rings. The van der Waals surface area contributed by atoms with Crippen LogP contribution in [-0.2, 0) is 16.0 Å². The zero-order valence-corrected chi connectivity index (χ0v) is 18.7. The minimum absolute atomic E-state index is 0.0441. The van der Waals surface area contributed by atoms with Crippen LogP contribution < -0.4 is 0 Å². The van der Waals surface area contributed by atoms with Crippen molar-refractivity contribution in [2.75, 3.05) is 13.6 Å². The number of benzene rings is 2. The predicted molar refractivity (Wildman–Crippen MR) is 121 cm³/mol. The van der Waals surface area contributed by atoms with E-state index in [9.17, 15) is 19.5 Å². The highest BCUT2D eigenvalue weighted by molar-refractivity contribution is 6.00. The molecule has 0 aliphatic carbocycles. The molecule has 2 heterocycles. The lowest BCUT2D eigenvalue weighted by Gasteiger charge is -2.33. The molecule has 0 aromatic heterocycles. The second-order valence-electron chi connectivity index (χ2n) is 9.00. The Morgan fingerprint density at radius 3 is 2.34 bits per heavy atom. The molecule has 2 aliphatic rings. The summed E-state index contributed by atoms with van der Waals surface area (Å²) in [6.07, 6.45) is 1.77. The van der Waals surface area contributed by atoms with E-state index in [1.807, 2.05) is 44.2 Å². The molecule has 166 valence electrons. The fourth-order valence-electron chi connectivity index (χ4n) is 4.82. The Bertz CT molecular complexity index is 1090. The minimum atomic E-state index is -1.01. The second kappa shape index (κ2) is 8.26. The summed E-state index contributed by atoms with van der Waals surface area (Å²) in [5, 5.41) is 9.30.